The van der Waals surface area contributed by atoms with Crippen molar-refractivity contribution in [1.29, 1.82) is 0 Å². The van der Waals surface area contributed by atoms with Gasteiger partial charge < -0.3 is 11.1 Å². The topological polar surface area (TPSA) is 68.0 Å². The van der Waals surface area contributed by atoms with Crippen LogP contribution in [-0.4, -0.2) is 15.9 Å². The molecule has 0 bridgehead atoms. The fourth-order valence-corrected chi connectivity index (χ4v) is 3.71. The van der Waals surface area contributed by atoms with E-state index in [1.54, 1.807) is 0 Å². The summed E-state index contributed by atoms with van der Waals surface area (Å²) in [4.78, 5) is 17.2. The van der Waals surface area contributed by atoms with Crippen molar-refractivity contribution in [3.63, 3.8) is 0 Å². The van der Waals surface area contributed by atoms with Gasteiger partial charge in [0.2, 0.25) is 5.91 Å². The van der Waals surface area contributed by atoms with Gasteiger partial charge in [-0.2, -0.15) is 0 Å². The number of hydrogen-bond donors (Lipinski definition) is 2. The van der Waals surface area contributed by atoms with Gasteiger partial charge in [-0.1, -0.05) is 39.9 Å². The largest absolute Gasteiger partial charge is 0.392 e. The van der Waals surface area contributed by atoms with Gasteiger partial charge in [0.05, 0.1) is 16.1 Å². The molecule has 0 aromatic carbocycles. The van der Waals surface area contributed by atoms with Crippen molar-refractivity contribution in [2.45, 2.75) is 46.0 Å². The first kappa shape index (κ1) is 15.4. The molecular weight excluding hydrogens is 290 g/mol. The Morgan fingerprint density at radius 1 is 1.55 bits per heavy atom. The number of nitrogens with two attached hydrogens (primary N) is 1. The van der Waals surface area contributed by atoms with E-state index in [1.807, 2.05) is 5.38 Å². The first-order valence-corrected chi connectivity index (χ1v) is 8.01. The normalized spacial score (nSPS) is 25.9. The number of nitrogens with one attached hydrogen (secondary N) is 1. The number of thiazole rings is 1. The number of thiocarbonyl (C=S) groups is 1. The van der Waals surface area contributed by atoms with Gasteiger partial charge in [0.1, 0.15) is 0 Å². The number of carbonyl (C=O) groups excluding carboxylic acids is 1. The average Bonchev–Trinajstić information content (AvgIpc) is 2.71. The van der Waals surface area contributed by atoms with E-state index in [1.165, 1.54) is 11.3 Å². The monoisotopic (exact) mass is 311 g/mol. The number of rotatable bonds is 3. The van der Waals surface area contributed by atoms with Crippen molar-refractivity contribution < 1.29 is 4.79 Å². The molecule has 0 radical (unpaired) electrons. The second-order valence-electron chi connectivity index (χ2n) is 6.70. The molecule has 0 aliphatic heterocycles. The van der Waals surface area contributed by atoms with Crippen molar-refractivity contribution in [3.8, 4) is 0 Å². The van der Waals surface area contributed by atoms with Gasteiger partial charge in [0.15, 0.2) is 5.13 Å². The summed E-state index contributed by atoms with van der Waals surface area (Å²) in [6.07, 6.45) is 1.46. The van der Waals surface area contributed by atoms with Crippen LogP contribution in [-0.2, 0) is 10.2 Å². The third kappa shape index (κ3) is 2.72. The van der Waals surface area contributed by atoms with Gasteiger partial charge in [0.25, 0.3) is 0 Å². The summed E-state index contributed by atoms with van der Waals surface area (Å²) in [6, 6.07) is 0. The van der Waals surface area contributed by atoms with E-state index >= 15 is 0 Å². The highest BCUT2D eigenvalue weighted by atomic mass is 32.1. The minimum atomic E-state index is -0.678. The zero-order valence-electron chi connectivity index (χ0n) is 12.3. The standard InChI is InChI=1S/C14H21N3OS2/c1-8-5-14(6-8,10(15)19)11(18)17-12-16-9(7-20-12)13(2,3)4/h7-8H,5-6H2,1-4H3,(H2,15,19)(H,16,17,18). The van der Waals surface area contributed by atoms with Crippen LogP contribution < -0.4 is 11.1 Å². The van der Waals surface area contributed by atoms with Crippen LogP contribution in [0.1, 0.15) is 46.2 Å². The van der Waals surface area contributed by atoms with Gasteiger partial charge in [-0.15, -0.1) is 11.3 Å². The van der Waals surface area contributed by atoms with E-state index in [2.05, 4.69) is 38.0 Å². The van der Waals surface area contributed by atoms with Crippen LogP contribution >= 0.6 is 23.6 Å². The Balaban J connectivity index is 2.12. The molecule has 1 saturated carbocycles. The van der Waals surface area contributed by atoms with Crippen molar-refractivity contribution >= 4 is 39.6 Å². The molecular formula is C14H21N3OS2. The van der Waals surface area contributed by atoms with Crippen molar-refractivity contribution in [3.05, 3.63) is 11.1 Å². The highest BCUT2D eigenvalue weighted by molar-refractivity contribution is 7.80. The molecule has 1 fully saturated rings. The molecule has 1 aromatic heterocycles. The van der Waals surface area contributed by atoms with Gasteiger partial charge in [-0.25, -0.2) is 4.98 Å². The molecule has 1 amide bonds. The van der Waals surface area contributed by atoms with E-state index in [-0.39, 0.29) is 11.3 Å². The van der Waals surface area contributed by atoms with Crippen molar-refractivity contribution in [2.24, 2.45) is 17.1 Å². The Hall–Kier alpha value is -1.01. The molecule has 0 saturated heterocycles. The zero-order chi connectivity index (χ0) is 15.1. The van der Waals surface area contributed by atoms with Crippen LogP contribution in [0.15, 0.2) is 5.38 Å². The number of amides is 1. The molecule has 20 heavy (non-hydrogen) atoms. The maximum Gasteiger partial charge on any atom is 0.239 e. The summed E-state index contributed by atoms with van der Waals surface area (Å²) in [5.74, 6) is 0.376. The van der Waals surface area contributed by atoms with E-state index in [4.69, 9.17) is 18.0 Å². The smallest absolute Gasteiger partial charge is 0.239 e. The fraction of sp³-hybridized carbons (Fsp3) is 0.643. The molecule has 0 atom stereocenters. The lowest BCUT2D eigenvalue weighted by atomic mass is 9.62. The number of hydrogen-bond acceptors (Lipinski definition) is 4. The SMILES string of the molecule is CC1CC(C(=O)Nc2nc(C(C)(C)C)cs2)(C(N)=S)C1. The minimum absolute atomic E-state index is 0.0225. The lowest BCUT2D eigenvalue weighted by Gasteiger charge is -2.43. The zero-order valence-corrected chi connectivity index (χ0v) is 14.0. The van der Waals surface area contributed by atoms with Crippen LogP contribution in [0.4, 0.5) is 5.13 Å². The molecule has 4 nitrogen and oxygen atoms in total. The predicted octanol–water partition coefficient (Wildman–Crippen LogP) is 3.08. The lowest BCUT2D eigenvalue weighted by molar-refractivity contribution is -0.127. The Morgan fingerprint density at radius 3 is 2.55 bits per heavy atom. The second kappa shape index (κ2) is 5.07. The van der Waals surface area contributed by atoms with Gasteiger partial charge in [0, 0.05) is 10.8 Å². The predicted molar refractivity (Wildman–Crippen MR) is 87.1 cm³/mol. The van der Waals surface area contributed by atoms with Gasteiger partial charge in [-0.3, -0.25) is 4.79 Å². The van der Waals surface area contributed by atoms with E-state index in [0.29, 0.717) is 16.0 Å². The quantitative estimate of drug-likeness (QED) is 0.842. The van der Waals surface area contributed by atoms with E-state index in [9.17, 15) is 4.79 Å². The number of aromatic nitrogens is 1. The second-order valence-corrected chi connectivity index (χ2v) is 8.00. The van der Waals surface area contributed by atoms with Crippen LogP contribution in [0.2, 0.25) is 0 Å². The Labute approximate surface area is 129 Å². The summed E-state index contributed by atoms with van der Waals surface area (Å²) in [5.41, 5.74) is 6.05. The van der Waals surface area contributed by atoms with Gasteiger partial charge in [-0.05, 0) is 18.8 Å². The molecule has 1 aromatic rings. The maximum atomic E-state index is 12.5. The molecule has 0 spiro atoms. The highest BCUT2D eigenvalue weighted by Crippen LogP contribution is 2.46. The summed E-state index contributed by atoms with van der Waals surface area (Å²) >= 11 is 6.53. The Kier molecular flexibility index (Phi) is 3.90. The summed E-state index contributed by atoms with van der Waals surface area (Å²) in [7, 11) is 0. The summed E-state index contributed by atoms with van der Waals surface area (Å²) in [6.45, 7) is 8.39. The number of nitrogens with zero attached hydrogens (tertiary/aromatic N) is 1. The van der Waals surface area contributed by atoms with Crippen LogP contribution in [0, 0.1) is 11.3 Å². The Morgan fingerprint density at radius 2 is 2.15 bits per heavy atom. The molecule has 0 unspecified atom stereocenters. The summed E-state index contributed by atoms with van der Waals surface area (Å²) < 4.78 is 0. The number of anilines is 1. The van der Waals surface area contributed by atoms with Crippen molar-refractivity contribution in [1.82, 2.24) is 4.98 Å². The third-order valence-electron chi connectivity index (χ3n) is 3.79. The van der Waals surface area contributed by atoms with Gasteiger partial charge >= 0.3 is 0 Å². The minimum Gasteiger partial charge on any atom is -0.392 e. The molecule has 1 heterocycles. The fourth-order valence-electron chi connectivity index (χ4n) is 2.52. The number of carbonyl (C=O) groups is 1. The van der Waals surface area contributed by atoms with E-state index < -0.39 is 5.41 Å². The highest BCUT2D eigenvalue weighted by Gasteiger charge is 2.51. The molecule has 3 N–H and O–H groups in total. The van der Waals surface area contributed by atoms with Crippen LogP contribution in [0.5, 0.6) is 0 Å². The average molecular weight is 311 g/mol. The van der Waals surface area contributed by atoms with Crippen molar-refractivity contribution in [2.75, 3.05) is 5.32 Å². The molecule has 6 heteroatoms. The first-order valence-electron chi connectivity index (χ1n) is 6.72. The van der Waals surface area contributed by atoms with Crippen LogP contribution in [0.3, 0.4) is 0 Å². The molecule has 2 rings (SSSR count). The summed E-state index contributed by atoms with van der Waals surface area (Å²) in [5, 5.41) is 5.48. The molecule has 1 aliphatic carbocycles. The first-order chi connectivity index (χ1) is 9.15. The van der Waals surface area contributed by atoms with E-state index in [0.717, 1.165) is 18.5 Å². The van der Waals surface area contributed by atoms with Crippen LogP contribution in [0.25, 0.3) is 0 Å². The maximum absolute atomic E-state index is 12.5. The lowest BCUT2D eigenvalue weighted by Crippen LogP contribution is -2.53. The Bertz CT molecular complexity index is 539. The third-order valence-corrected chi connectivity index (χ3v) is 4.94. The molecule has 110 valence electrons. The molecule has 1 aliphatic rings.